The van der Waals surface area contributed by atoms with E-state index in [9.17, 15) is 0 Å². The number of hydrogen-bond acceptors (Lipinski definition) is 4. The molecule has 4 rings (SSSR count). The zero-order valence-corrected chi connectivity index (χ0v) is 10.9. The number of aromatic amines is 1. The Balaban J connectivity index is 1.62. The van der Waals surface area contributed by atoms with Crippen molar-refractivity contribution in [1.82, 2.24) is 15.2 Å². The molecular formula is C14H12N4S. The molecule has 1 aliphatic rings. The third-order valence-electron chi connectivity index (χ3n) is 3.35. The molecule has 0 amide bonds. The van der Waals surface area contributed by atoms with Crippen molar-refractivity contribution in [2.45, 2.75) is 12.5 Å². The van der Waals surface area contributed by atoms with Crippen LogP contribution in [0.25, 0.3) is 10.7 Å². The normalized spacial score (nSPS) is 17.2. The second-order valence-corrected chi connectivity index (χ2v) is 5.53. The lowest BCUT2D eigenvalue weighted by Crippen LogP contribution is -2.07. The summed E-state index contributed by atoms with van der Waals surface area (Å²) in [5, 5.41) is 12.9. The van der Waals surface area contributed by atoms with Gasteiger partial charge in [-0.1, -0.05) is 24.3 Å². The SMILES string of the molecule is c1csc(-c2n[nH]c(C3Cc4ccccc4N3)n2)c1. The fourth-order valence-corrected chi connectivity index (χ4v) is 3.07. The fraction of sp³-hybridized carbons (Fsp3) is 0.143. The zero-order valence-electron chi connectivity index (χ0n) is 10.1. The molecule has 3 aromatic rings. The predicted octanol–water partition coefficient (Wildman–Crippen LogP) is 3.24. The molecule has 0 saturated heterocycles. The number of para-hydroxylation sites is 1. The van der Waals surface area contributed by atoms with Gasteiger partial charge >= 0.3 is 0 Å². The van der Waals surface area contributed by atoms with Gasteiger partial charge in [0, 0.05) is 12.1 Å². The summed E-state index contributed by atoms with van der Waals surface area (Å²) in [6.07, 6.45) is 0.954. The predicted molar refractivity (Wildman–Crippen MR) is 76.2 cm³/mol. The minimum Gasteiger partial charge on any atom is -0.375 e. The van der Waals surface area contributed by atoms with Crippen LogP contribution in [0.1, 0.15) is 17.4 Å². The lowest BCUT2D eigenvalue weighted by Gasteiger charge is -2.06. The average Bonchev–Trinajstić information content (AvgIpc) is 3.17. The van der Waals surface area contributed by atoms with Crippen LogP contribution in [0, 0.1) is 0 Å². The maximum absolute atomic E-state index is 4.60. The van der Waals surface area contributed by atoms with Gasteiger partial charge in [-0.05, 0) is 23.1 Å². The van der Waals surface area contributed by atoms with Crippen molar-refractivity contribution in [3.63, 3.8) is 0 Å². The first-order chi connectivity index (χ1) is 9.40. The Kier molecular flexibility index (Phi) is 2.38. The molecule has 0 aliphatic carbocycles. The standard InChI is InChI=1S/C14H12N4S/c1-2-5-10-9(4-1)8-11(15-10)13-16-14(18-17-13)12-6-3-7-19-12/h1-7,11,15H,8H2,(H,16,17,18). The van der Waals surface area contributed by atoms with Crippen LogP contribution in [0.15, 0.2) is 41.8 Å². The summed E-state index contributed by atoms with van der Waals surface area (Å²) in [4.78, 5) is 5.69. The summed E-state index contributed by atoms with van der Waals surface area (Å²) in [6.45, 7) is 0. The van der Waals surface area contributed by atoms with Gasteiger partial charge in [-0.2, -0.15) is 5.10 Å². The van der Waals surface area contributed by atoms with Crippen LogP contribution in [0.2, 0.25) is 0 Å². The summed E-state index contributed by atoms with van der Waals surface area (Å²) in [5.41, 5.74) is 2.53. The Labute approximate surface area is 114 Å². The lowest BCUT2D eigenvalue weighted by molar-refractivity contribution is 0.753. The summed E-state index contributed by atoms with van der Waals surface area (Å²) in [6, 6.07) is 12.6. The Hall–Kier alpha value is -2.14. The third kappa shape index (κ3) is 1.82. The van der Waals surface area contributed by atoms with Gasteiger partial charge in [0.25, 0.3) is 0 Å². The van der Waals surface area contributed by atoms with Crippen molar-refractivity contribution in [2.24, 2.45) is 0 Å². The van der Waals surface area contributed by atoms with Crippen LogP contribution in [0.5, 0.6) is 0 Å². The first kappa shape index (κ1) is 10.8. The topological polar surface area (TPSA) is 53.6 Å². The number of H-pyrrole nitrogens is 1. The Morgan fingerprint density at radius 2 is 2.11 bits per heavy atom. The molecule has 0 radical (unpaired) electrons. The molecule has 2 N–H and O–H groups in total. The molecular weight excluding hydrogens is 256 g/mol. The molecule has 94 valence electrons. The highest BCUT2D eigenvalue weighted by molar-refractivity contribution is 7.13. The van der Waals surface area contributed by atoms with Crippen molar-refractivity contribution < 1.29 is 0 Å². The van der Waals surface area contributed by atoms with E-state index in [1.807, 2.05) is 23.6 Å². The number of anilines is 1. The van der Waals surface area contributed by atoms with Crippen molar-refractivity contribution >= 4 is 17.0 Å². The molecule has 0 bridgehead atoms. The van der Waals surface area contributed by atoms with Crippen molar-refractivity contribution in [2.75, 3.05) is 5.32 Å². The third-order valence-corrected chi connectivity index (χ3v) is 4.21. The van der Waals surface area contributed by atoms with E-state index in [0.29, 0.717) is 0 Å². The van der Waals surface area contributed by atoms with E-state index in [1.165, 1.54) is 11.3 Å². The van der Waals surface area contributed by atoms with Gasteiger partial charge in [0.1, 0.15) is 5.82 Å². The van der Waals surface area contributed by atoms with Gasteiger partial charge in [-0.25, -0.2) is 4.98 Å². The van der Waals surface area contributed by atoms with E-state index >= 15 is 0 Å². The summed E-state index contributed by atoms with van der Waals surface area (Å²) in [7, 11) is 0. The molecule has 1 aromatic carbocycles. The van der Waals surface area contributed by atoms with E-state index in [2.05, 4.69) is 38.7 Å². The van der Waals surface area contributed by atoms with Crippen molar-refractivity contribution in [1.29, 1.82) is 0 Å². The van der Waals surface area contributed by atoms with Gasteiger partial charge in [0.05, 0.1) is 10.9 Å². The number of benzene rings is 1. The van der Waals surface area contributed by atoms with Crippen LogP contribution < -0.4 is 5.32 Å². The molecule has 19 heavy (non-hydrogen) atoms. The number of rotatable bonds is 2. The van der Waals surface area contributed by atoms with Crippen molar-refractivity contribution in [3.8, 4) is 10.7 Å². The molecule has 0 fully saturated rings. The Bertz CT molecular complexity index is 677. The number of nitrogens with zero attached hydrogens (tertiary/aromatic N) is 2. The second kappa shape index (κ2) is 4.20. The first-order valence-corrected chi connectivity index (χ1v) is 7.09. The van der Waals surface area contributed by atoms with Crippen molar-refractivity contribution in [3.05, 3.63) is 53.2 Å². The maximum atomic E-state index is 4.60. The average molecular weight is 268 g/mol. The molecule has 1 atom stereocenters. The molecule has 4 nitrogen and oxygen atoms in total. The van der Waals surface area contributed by atoms with E-state index in [0.717, 1.165) is 22.9 Å². The van der Waals surface area contributed by atoms with Crippen LogP contribution in [-0.4, -0.2) is 15.2 Å². The summed E-state index contributed by atoms with van der Waals surface area (Å²) in [5.74, 6) is 1.68. The largest absolute Gasteiger partial charge is 0.375 e. The van der Waals surface area contributed by atoms with Gasteiger partial charge in [0.15, 0.2) is 5.82 Å². The molecule has 3 heterocycles. The van der Waals surface area contributed by atoms with Gasteiger partial charge in [0.2, 0.25) is 0 Å². The molecule has 0 saturated carbocycles. The second-order valence-electron chi connectivity index (χ2n) is 4.58. The highest BCUT2D eigenvalue weighted by atomic mass is 32.1. The minimum absolute atomic E-state index is 0.193. The van der Waals surface area contributed by atoms with E-state index < -0.39 is 0 Å². The van der Waals surface area contributed by atoms with Gasteiger partial charge in [-0.15, -0.1) is 11.3 Å². The molecule has 2 aromatic heterocycles. The van der Waals surface area contributed by atoms with Crippen LogP contribution >= 0.6 is 11.3 Å². The Morgan fingerprint density at radius 3 is 2.95 bits per heavy atom. The first-order valence-electron chi connectivity index (χ1n) is 6.21. The molecule has 1 aliphatic heterocycles. The molecule has 1 unspecified atom stereocenters. The quantitative estimate of drug-likeness (QED) is 0.750. The Morgan fingerprint density at radius 1 is 1.16 bits per heavy atom. The highest BCUT2D eigenvalue weighted by Crippen LogP contribution is 2.33. The minimum atomic E-state index is 0.193. The maximum Gasteiger partial charge on any atom is 0.191 e. The summed E-state index contributed by atoms with van der Waals surface area (Å²) >= 11 is 1.65. The summed E-state index contributed by atoms with van der Waals surface area (Å²) < 4.78 is 0. The highest BCUT2D eigenvalue weighted by Gasteiger charge is 2.24. The van der Waals surface area contributed by atoms with Crippen LogP contribution in [0.3, 0.4) is 0 Å². The lowest BCUT2D eigenvalue weighted by atomic mass is 10.1. The zero-order chi connectivity index (χ0) is 12.7. The van der Waals surface area contributed by atoms with E-state index in [4.69, 9.17) is 0 Å². The fourth-order valence-electron chi connectivity index (χ4n) is 2.41. The van der Waals surface area contributed by atoms with Crippen LogP contribution in [0.4, 0.5) is 5.69 Å². The van der Waals surface area contributed by atoms with Gasteiger partial charge < -0.3 is 5.32 Å². The van der Waals surface area contributed by atoms with E-state index in [1.54, 1.807) is 11.3 Å². The monoisotopic (exact) mass is 268 g/mol. The number of aromatic nitrogens is 3. The number of hydrogen-bond donors (Lipinski definition) is 2. The molecule has 5 heteroatoms. The number of nitrogens with one attached hydrogen (secondary N) is 2. The number of thiophene rings is 1. The van der Waals surface area contributed by atoms with Crippen LogP contribution in [-0.2, 0) is 6.42 Å². The number of fused-ring (bicyclic) bond motifs is 1. The van der Waals surface area contributed by atoms with E-state index in [-0.39, 0.29) is 6.04 Å². The smallest absolute Gasteiger partial charge is 0.191 e. The van der Waals surface area contributed by atoms with Gasteiger partial charge in [-0.3, -0.25) is 5.10 Å². The molecule has 0 spiro atoms.